The highest BCUT2D eigenvalue weighted by Crippen LogP contribution is 2.22. The van der Waals surface area contributed by atoms with Crippen molar-refractivity contribution in [2.45, 2.75) is 46.1 Å². The maximum absolute atomic E-state index is 12.6. The monoisotopic (exact) mass is 470 g/mol. The Morgan fingerprint density at radius 2 is 1.76 bits per heavy atom. The smallest absolute Gasteiger partial charge is 0.414 e. The van der Waals surface area contributed by atoms with Crippen LogP contribution in [-0.4, -0.2) is 64.0 Å². The number of carbonyl (C=O) groups is 3. The molecule has 1 heterocycles. The Kier molecular flexibility index (Phi) is 11.5. The maximum Gasteiger partial charge on any atom is 0.414 e. The third kappa shape index (κ3) is 9.41. The van der Waals surface area contributed by atoms with Gasteiger partial charge in [-0.25, -0.2) is 9.59 Å². The fourth-order valence-electron chi connectivity index (χ4n) is 3.26. The van der Waals surface area contributed by atoms with Gasteiger partial charge in [0.1, 0.15) is 0 Å². The number of benzene rings is 1. The minimum Gasteiger partial charge on any atom is -0.473 e. The van der Waals surface area contributed by atoms with Gasteiger partial charge >= 0.3 is 11.9 Å². The van der Waals surface area contributed by atoms with Crippen LogP contribution >= 0.6 is 15.9 Å². The van der Waals surface area contributed by atoms with Crippen LogP contribution in [0.2, 0.25) is 0 Å². The van der Waals surface area contributed by atoms with Gasteiger partial charge in [-0.15, -0.1) is 0 Å². The van der Waals surface area contributed by atoms with E-state index < -0.39 is 11.9 Å². The van der Waals surface area contributed by atoms with Crippen molar-refractivity contribution in [3.8, 4) is 0 Å². The molecule has 1 aliphatic heterocycles. The lowest BCUT2D eigenvalue weighted by Gasteiger charge is -2.34. The number of hydrogen-bond donors (Lipinski definition) is 2. The highest BCUT2D eigenvalue weighted by Gasteiger charge is 2.27. The first-order valence-corrected chi connectivity index (χ1v) is 10.8. The number of unbranched alkanes of at least 4 members (excludes halogenated alkanes) is 1. The summed E-state index contributed by atoms with van der Waals surface area (Å²) in [5, 5.41) is 14.8. The van der Waals surface area contributed by atoms with Gasteiger partial charge in [-0.1, -0.05) is 41.4 Å². The number of aliphatic carboxylic acids is 2. The molecule has 0 aromatic heterocycles. The number of amides is 1. The van der Waals surface area contributed by atoms with Gasteiger partial charge in [-0.3, -0.25) is 9.69 Å². The average molecular weight is 471 g/mol. The second-order valence-corrected chi connectivity index (χ2v) is 7.98. The van der Waals surface area contributed by atoms with Crippen LogP contribution in [0.5, 0.6) is 0 Å². The number of piperidine rings is 1. The van der Waals surface area contributed by atoms with Crippen molar-refractivity contribution in [2.75, 3.05) is 26.2 Å². The van der Waals surface area contributed by atoms with Crippen LogP contribution in [0.1, 0.15) is 45.1 Å². The summed E-state index contributed by atoms with van der Waals surface area (Å²) in [6.07, 6.45) is 4.25. The molecule has 162 valence electrons. The molecule has 2 N–H and O–H groups in total. The quantitative estimate of drug-likeness (QED) is 0.591. The first-order valence-electron chi connectivity index (χ1n) is 10.00. The van der Waals surface area contributed by atoms with E-state index in [1.165, 1.54) is 5.56 Å². The number of likely N-dealkylation sites (tertiary alicyclic amines) is 1. The summed E-state index contributed by atoms with van der Waals surface area (Å²) in [7, 11) is 0. The molecule has 1 aromatic carbocycles. The third-order valence-electron chi connectivity index (χ3n) is 4.89. The fraction of sp³-hybridized carbons (Fsp3) is 0.571. The summed E-state index contributed by atoms with van der Waals surface area (Å²) in [6.45, 7) is 9.06. The van der Waals surface area contributed by atoms with Crippen LogP contribution in [0.4, 0.5) is 0 Å². The highest BCUT2D eigenvalue weighted by molar-refractivity contribution is 9.10. The van der Waals surface area contributed by atoms with E-state index in [0.717, 1.165) is 62.9 Å². The fourth-order valence-corrected chi connectivity index (χ4v) is 3.71. The molecule has 0 atom stereocenters. The second kappa shape index (κ2) is 13.3. The number of carboxylic acids is 2. The van der Waals surface area contributed by atoms with Gasteiger partial charge in [0.2, 0.25) is 5.91 Å². The van der Waals surface area contributed by atoms with Gasteiger partial charge in [-0.2, -0.15) is 0 Å². The molecule has 1 amide bonds. The van der Waals surface area contributed by atoms with Gasteiger partial charge < -0.3 is 15.1 Å². The van der Waals surface area contributed by atoms with E-state index in [1.807, 2.05) is 0 Å². The van der Waals surface area contributed by atoms with E-state index in [4.69, 9.17) is 19.8 Å². The molecule has 0 bridgehead atoms. The Bertz CT molecular complexity index is 663. The second-order valence-electron chi connectivity index (χ2n) is 7.06. The molecule has 1 saturated heterocycles. The highest BCUT2D eigenvalue weighted by atomic mass is 79.9. The summed E-state index contributed by atoms with van der Waals surface area (Å²) in [5.74, 6) is -3.04. The lowest BCUT2D eigenvalue weighted by molar-refractivity contribution is -0.159. The summed E-state index contributed by atoms with van der Waals surface area (Å²) >= 11 is 3.53. The van der Waals surface area contributed by atoms with Crippen molar-refractivity contribution in [3.05, 3.63) is 34.3 Å². The SMILES string of the molecule is CCCCN(CC)C(=O)C1CCN(Cc2cccc(Br)c2)CC1.O=C(O)C(=O)O. The number of carboxylic acid groups (broad SMARTS) is 2. The summed E-state index contributed by atoms with van der Waals surface area (Å²) in [6, 6.07) is 8.50. The lowest BCUT2D eigenvalue weighted by atomic mass is 9.94. The lowest BCUT2D eigenvalue weighted by Crippen LogP contribution is -2.42. The molecule has 0 saturated carbocycles. The topological polar surface area (TPSA) is 98.2 Å². The normalized spacial score (nSPS) is 14.6. The van der Waals surface area contributed by atoms with E-state index in [0.29, 0.717) is 5.91 Å². The van der Waals surface area contributed by atoms with Crippen molar-refractivity contribution >= 4 is 33.8 Å². The maximum atomic E-state index is 12.6. The number of rotatable bonds is 7. The van der Waals surface area contributed by atoms with Crippen molar-refractivity contribution < 1.29 is 24.6 Å². The molecule has 0 aliphatic carbocycles. The van der Waals surface area contributed by atoms with E-state index >= 15 is 0 Å². The van der Waals surface area contributed by atoms with Gasteiger partial charge in [-0.05, 0) is 57.0 Å². The minimum atomic E-state index is -1.82. The van der Waals surface area contributed by atoms with Gasteiger partial charge in [0.05, 0.1) is 0 Å². The number of hydrogen-bond acceptors (Lipinski definition) is 4. The number of halogens is 1. The van der Waals surface area contributed by atoms with Gasteiger partial charge in [0.25, 0.3) is 0 Å². The molecule has 8 heteroatoms. The molecular formula is C21H31BrN2O5. The summed E-state index contributed by atoms with van der Waals surface area (Å²) < 4.78 is 1.13. The Labute approximate surface area is 180 Å². The number of nitrogens with zero attached hydrogens (tertiary/aromatic N) is 2. The van der Waals surface area contributed by atoms with Crippen LogP contribution < -0.4 is 0 Å². The minimum absolute atomic E-state index is 0.227. The Morgan fingerprint density at radius 1 is 1.14 bits per heavy atom. The molecule has 1 aliphatic rings. The van der Waals surface area contributed by atoms with Gasteiger partial charge in [0, 0.05) is 30.0 Å². The zero-order valence-electron chi connectivity index (χ0n) is 17.1. The molecule has 0 unspecified atom stereocenters. The number of carbonyl (C=O) groups excluding carboxylic acids is 1. The molecule has 1 aromatic rings. The Hall–Kier alpha value is -1.93. The van der Waals surface area contributed by atoms with Crippen molar-refractivity contribution in [1.29, 1.82) is 0 Å². The van der Waals surface area contributed by atoms with Crippen LogP contribution in [-0.2, 0) is 20.9 Å². The Balaban J connectivity index is 0.000000612. The van der Waals surface area contributed by atoms with Crippen molar-refractivity contribution in [3.63, 3.8) is 0 Å². The largest absolute Gasteiger partial charge is 0.473 e. The van der Waals surface area contributed by atoms with Crippen LogP contribution in [0.25, 0.3) is 0 Å². The molecule has 29 heavy (non-hydrogen) atoms. The molecular weight excluding hydrogens is 440 g/mol. The molecule has 0 radical (unpaired) electrons. The summed E-state index contributed by atoms with van der Waals surface area (Å²) in [5.41, 5.74) is 1.34. The Morgan fingerprint density at radius 3 is 2.24 bits per heavy atom. The van der Waals surface area contributed by atoms with Crippen LogP contribution in [0, 0.1) is 5.92 Å². The van der Waals surface area contributed by atoms with Gasteiger partial charge in [0.15, 0.2) is 0 Å². The predicted molar refractivity (Wildman–Crippen MR) is 115 cm³/mol. The zero-order valence-corrected chi connectivity index (χ0v) is 18.7. The van der Waals surface area contributed by atoms with Crippen molar-refractivity contribution in [2.24, 2.45) is 5.92 Å². The third-order valence-corrected chi connectivity index (χ3v) is 5.38. The predicted octanol–water partition coefficient (Wildman–Crippen LogP) is 3.47. The standard InChI is InChI=1S/C19H29BrN2O.C2H2O4/c1-3-5-11-22(4-2)19(23)17-9-12-21(13-10-17)15-16-7-6-8-18(20)14-16;3-1(4)2(5)6/h6-8,14,17H,3-5,9-13,15H2,1-2H3;(H,3,4)(H,5,6). The van der Waals surface area contributed by atoms with E-state index in [2.05, 4.69) is 63.8 Å². The zero-order chi connectivity index (χ0) is 21.8. The molecule has 7 nitrogen and oxygen atoms in total. The van der Waals surface area contributed by atoms with Crippen molar-refractivity contribution in [1.82, 2.24) is 9.80 Å². The van der Waals surface area contributed by atoms with Crippen LogP contribution in [0.15, 0.2) is 28.7 Å². The first-order chi connectivity index (χ1) is 13.8. The average Bonchev–Trinajstić information content (AvgIpc) is 2.69. The van der Waals surface area contributed by atoms with E-state index in [-0.39, 0.29) is 5.92 Å². The van der Waals surface area contributed by atoms with Crippen LogP contribution in [0.3, 0.4) is 0 Å². The molecule has 2 rings (SSSR count). The summed E-state index contributed by atoms with van der Waals surface area (Å²) in [4.78, 5) is 35.4. The molecule has 1 fully saturated rings. The molecule has 0 spiro atoms. The van der Waals surface area contributed by atoms with E-state index in [1.54, 1.807) is 0 Å². The van der Waals surface area contributed by atoms with E-state index in [9.17, 15) is 4.79 Å². The first kappa shape index (κ1) is 25.1.